The molecule has 3 rings (SSSR count). The molecule has 1 aliphatic carbocycles. The summed E-state index contributed by atoms with van der Waals surface area (Å²) in [6.07, 6.45) is 3.70. The number of pyridine rings is 1. The Morgan fingerprint density at radius 3 is 2.90 bits per heavy atom. The van der Waals surface area contributed by atoms with Crippen LogP contribution in [0.5, 0.6) is 0 Å². The van der Waals surface area contributed by atoms with E-state index in [0.717, 1.165) is 12.8 Å². The monoisotopic (exact) mass is 283 g/mol. The highest BCUT2D eigenvalue weighted by Crippen LogP contribution is 2.37. The van der Waals surface area contributed by atoms with Crippen LogP contribution in [0.25, 0.3) is 0 Å². The van der Waals surface area contributed by atoms with E-state index < -0.39 is 4.92 Å². The predicted octanol–water partition coefficient (Wildman–Crippen LogP) is 3.73. The van der Waals surface area contributed by atoms with E-state index in [-0.39, 0.29) is 11.7 Å². The van der Waals surface area contributed by atoms with Crippen LogP contribution in [0.2, 0.25) is 0 Å². The van der Waals surface area contributed by atoms with E-state index in [2.05, 4.69) is 29.4 Å². The van der Waals surface area contributed by atoms with E-state index >= 15 is 0 Å². The number of benzene rings is 1. The normalized spacial score (nSPS) is 20.6. The number of fused-ring (bicyclic) bond motifs is 1. The van der Waals surface area contributed by atoms with Gasteiger partial charge in [0.05, 0.1) is 11.0 Å². The van der Waals surface area contributed by atoms with Crippen molar-refractivity contribution < 1.29 is 4.92 Å². The van der Waals surface area contributed by atoms with E-state index in [9.17, 15) is 10.1 Å². The Bertz CT molecular complexity index is 672. The van der Waals surface area contributed by atoms with Crippen molar-refractivity contribution in [3.05, 3.63) is 63.8 Å². The molecule has 1 heterocycles. The van der Waals surface area contributed by atoms with Gasteiger partial charge in [0.1, 0.15) is 0 Å². The van der Waals surface area contributed by atoms with Crippen LogP contribution in [0, 0.1) is 16.0 Å². The molecule has 1 N–H and O–H groups in total. The third-order valence-electron chi connectivity index (χ3n) is 4.10. The van der Waals surface area contributed by atoms with Crippen molar-refractivity contribution >= 4 is 11.5 Å². The summed E-state index contributed by atoms with van der Waals surface area (Å²) in [7, 11) is 0. The predicted molar refractivity (Wildman–Crippen MR) is 81.2 cm³/mol. The fourth-order valence-electron chi connectivity index (χ4n) is 2.94. The van der Waals surface area contributed by atoms with Crippen molar-refractivity contribution in [3.63, 3.8) is 0 Å². The first kappa shape index (κ1) is 13.5. The van der Waals surface area contributed by atoms with Crippen molar-refractivity contribution in [2.24, 2.45) is 5.92 Å². The molecule has 1 aromatic heterocycles. The molecule has 108 valence electrons. The lowest BCUT2D eigenvalue weighted by Crippen LogP contribution is -2.25. The first-order valence-corrected chi connectivity index (χ1v) is 7.10. The number of hydrogen-bond donors (Lipinski definition) is 1. The SMILES string of the molecule is CC1CCc2ccccc2C1Nc1ncccc1[N+](=O)[O-]. The first-order chi connectivity index (χ1) is 10.2. The maximum absolute atomic E-state index is 11.1. The van der Waals surface area contributed by atoms with Gasteiger partial charge < -0.3 is 5.32 Å². The zero-order chi connectivity index (χ0) is 14.8. The number of nitrogens with one attached hydrogen (secondary N) is 1. The van der Waals surface area contributed by atoms with Crippen LogP contribution in [0.4, 0.5) is 11.5 Å². The Morgan fingerprint density at radius 1 is 1.29 bits per heavy atom. The zero-order valence-corrected chi connectivity index (χ0v) is 11.8. The van der Waals surface area contributed by atoms with Crippen molar-refractivity contribution in [1.29, 1.82) is 0 Å². The molecule has 0 amide bonds. The summed E-state index contributed by atoms with van der Waals surface area (Å²) >= 11 is 0. The molecule has 2 aromatic rings. The lowest BCUT2D eigenvalue weighted by Gasteiger charge is -2.32. The second-order valence-electron chi connectivity index (χ2n) is 5.47. The van der Waals surface area contributed by atoms with Crippen LogP contribution in [0.15, 0.2) is 42.6 Å². The van der Waals surface area contributed by atoms with Crippen LogP contribution in [0.1, 0.15) is 30.5 Å². The molecule has 2 unspecified atom stereocenters. The molecule has 0 fully saturated rings. The fraction of sp³-hybridized carbons (Fsp3) is 0.312. The summed E-state index contributed by atoms with van der Waals surface area (Å²) in [5.41, 5.74) is 2.55. The van der Waals surface area contributed by atoms with Gasteiger partial charge in [-0.2, -0.15) is 0 Å². The number of aryl methyl sites for hydroxylation is 1. The highest BCUT2D eigenvalue weighted by molar-refractivity contribution is 5.57. The smallest absolute Gasteiger partial charge is 0.311 e. The molecule has 0 spiro atoms. The summed E-state index contributed by atoms with van der Waals surface area (Å²) in [4.78, 5) is 14.9. The number of aromatic nitrogens is 1. The van der Waals surface area contributed by atoms with Crippen LogP contribution in [-0.4, -0.2) is 9.91 Å². The van der Waals surface area contributed by atoms with Gasteiger partial charge in [0.25, 0.3) is 0 Å². The highest BCUT2D eigenvalue weighted by Gasteiger charge is 2.28. The van der Waals surface area contributed by atoms with Gasteiger partial charge >= 0.3 is 5.69 Å². The molecule has 2 atom stereocenters. The summed E-state index contributed by atoms with van der Waals surface area (Å²) < 4.78 is 0. The molecule has 21 heavy (non-hydrogen) atoms. The molecule has 0 radical (unpaired) electrons. The molecule has 1 aromatic carbocycles. The van der Waals surface area contributed by atoms with Crippen molar-refractivity contribution in [1.82, 2.24) is 4.98 Å². The second-order valence-corrected chi connectivity index (χ2v) is 5.47. The van der Waals surface area contributed by atoms with Crippen molar-refractivity contribution in [3.8, 4) is 0 Å². The molecular formula is C16H17N3O2. The maximum atomic E-state index is 11.1. The minimum atomic E-state index is -0.394. The number of nitro groups is 1. The molecule has 5 nitrogen and oxygen atoms in total. The number of rotatable bonds is 3. The highest BCUT2D eigenvalue weighted by atomic mass is 16.6. The molecule has 0 bridgehead atoms. The van der Waals surface area contributed by atoms with Gasteiger partial charge in [0.15, 0.2) is 0 Å². The van der Waals surface area contributed by atoms with E-state index in [1.54, 1.807) is 12.3 Å². The largest absolute Gasteiger partial charge is 0.357 e. The van der Waals surface area contributed by atoms with E-state index in [1.165, 1.54) is 17.2 Å². The Morgan fingerprint density at radius 2 is 2.10 bits per heavy atom. The molecule has 1 aliphatic rings. The Hall–Kier alpha value is -2.43. The third-order valence-corrected chi connectivity index (χ3v) is 4.10. The quantitative estimate of drug-likeness (QED) is 0.688. The lowest BCUT2D eigenvalue weighted by molar-refractivity contribution is -0.384. The number of nitrogens with zero attached hydrogens (tertiary/aromatic N) is 2. The van der Waals surface area contributed by atoms with Gasteiger partial charge in [0.2, 0.25) is 5.82 Å². The minimum absolute atomic E-state index is 0.0211. The molecular weight excluding hydrogens is 266 g/mol. The topological polar surface area (TPSA) is 68.1 Å². The molecule has 0 saturated heterocycles. The van der Waals surface area contributed by atoms with Gasteiger partial charge in [0, 0.05) is 12.3 Å². The van der Waals surface area contributed by atoms with Crippen LogP contribution < -0.4 is 5.32 Å². The summed E-state index contributed by atoms with van der Waals surface area (Å²) in [5, 5.41) is 14.4. The standard InChI is InChI=1S/C16H17N3O2/c1-11-8-9-12-5-2-3-6-13(12)15(11)18-16-14(19(20)21)7-4-10-17-16/h2-7,10-11,15H,8-9H2,1H3,(H,17,18). The Kier molecular flexibility index (Phi) is 3.56. The van der Waals surface area contributed by atoms with E-state index in [0.29, 0.717) is 11.7 Å². The fourth-order valence-corrected chi connectivity index (χ4v) is 2.94. The lowest BCUT2D eigenvalue weighted by atomic mass is 9.80. The summed E-state index contributed by atoms with van der Waals surface area (Å²) in [6.45, 7) is 2.17. The molecule has 0 aliphatic heterocycles. The van der Waals surface area contributed by atoms with E-state index in [4.69, 9.17) is 0 Å². The third kappa shape index (κ3) is 2.59. The summed E-state index contributed by atoms with van der Waals surface area (Å²) in [5.74, 6) is 0.748. The van der Waals surface area contributed by atoms with Gasteiger partial charge in [-0.25, -0.2) is 4.98 Å². The van der Waals surface area contributed by atoms with Gasteiger partial charge in [-0.15, -0.1) is 0 Å². The van der Waals surface area contributed by atoms with Gasteiger partial charge in [-0.3, -0.25) is 10.1 Å². The zero-order valence-electron chi connectivity index (χ0n) is 11.8. The molecule has 5 heteroatoms. The van der Waals surface area contributed by atoms with Crippen LogP contribution in [0.3, 0.4) is 0 Å². The van der Waals surface area contributed by atoms with Gasteiger partial charge in [-0.1, -0.05) is 31.2 Å². The summed E-state index contributed by atoms with van der Waals surface area (Å²) in [6, 6.07) is 11.4. The van der Waals surface area contributed by atoms with Crippen LogP contribution >= 0.6 is 0 Å². The van der Waals surface area contributed by atoms with Crippen molar-refractivity contribution in [2.45, 2.75) is 25.8 Å². The number of anilines is 1. The minimum Gasteiger partial charge on any atom is -0.357 e. The molecule has 0 saturated carbocycles. The number of hydrogen-bond acceptors (Lipinski definition) is 4. The average molecular weight is 283 g/mol. The Balaban J connectivity index is 1.97. The van der Waals surface area contributed by atoms with E-state index in [1.807, 2.05) is 12.1 Å². The Labute approximate surface area is 123 Å². The average Bonchev–Trinajstić information content (AvgIpc) is 2.50. The van der Waals surface area contributed by atoms with Crippen LogP contribution in [-0.2, 0) is 6.42 Å². The van der Waals surface area contributed by atoms with Gasteiger partial charge in [-0.05, 0) is 36.0 Å². The van der Waals surface area contributed by atoms with Crippen molar-refractivity contribution in [2.75, 3.05) is 5.32 Å². The second kappa shape index (κ2) is 5.52. The maximum Gasteiger partial charge on any atom is 0.311 e. The first-order valence-electron chi connectivity index (χ1n) is 7.10.